The van der Waals surface area contributed by atoms with Gasteiger partial charge in [-0.1, -0.05) is 30.3 Å². The highest BCUT2D eigenvalue weighted by Gasteiger charge is 2.26. The minimum Gasteiger partial charge on any atom is -0.353 e. The number of benzene rings is 1. The molecule has 1 unspecified atom stereocenters. The molecule has 3 heteroatoms. The molecule has 0 amide bonds. The Morgan fingerprint density at radius 3 is 2.83 bits per heavy atom. The van der Waals surface area contributed by atoms with Gasteiger partial charge in [-0.3, -0.25) is 0 Å². The maximum atomic E-state index is 13.2. The van der Waals surface area contributed by atoms with Gasteiger partial charge in [-0.2, -0.15) is 4.39 Å². The van der Waals surface area contributed by atoms with Crippen LogP contribution in [0.3, 0.4) is 0 Å². The van der Waals surface area contributed by atoms with Crippen LogP contribution in [0.4, 0.5) is 10.2 Å². The molecule has 3 rings (SSSR count). The summed E-state index contributed by atoms with van der Waals surface area (Å²) in [7, 11) is 1.98. The van der Waals surface area contributed by atoms with E-state index in [1.54, 1.807) is 6.07 Å². The molecule has 0 radical (unpaired) electrons. The van der Waals surface area contributed by atoms with E-state index in [1.165, 1.54) is 17.2 Å². The summed E-state index contributed by atoms with van der Waals surface area (Å²) in [5.74, 6) is 0.266. The second-order valence-electron chi connectivity index (χ2n) is 4.68. The van der Waals surface area contributed by atoms with Crippen LogP contribution >= 0.6 is 0 Å². The van der Waals surface area contributed by atoms with Gasteiger partial charge in [0.15, 0.2) is 0 Å². The van der Waals surface area contributed by atoms with Crippen LogP contribution < -0.4 is 4.90 Å². The zero-order chi connectivity index (χ0) is 12.5. The van der Waals surface area contributed by atoms with Crippen LogP contribution in [0.2, 0.25) is 0 Å². The van der Waals surface area contributed by atoms with Crippen LogP contribution in [0.1, 0.15) is 23.6 Å². The average Bonchev–Trinajstić information content (AvgIpc) is 2.82. The molecule has 2 nitrogen and oxygen atoms in total. The fourth-order valence-corrected chi connectivity index (χ4v) is 2.69. The molecule has 1 aliphatic carbocycles. The third-order valence-corrected chi connectivity index (χ3v) is 3.63. The third kappa shape index (κ3) is 1.86. The number of hydrogen-bond donors (Lipinski definition) is 0. The lowest BCUT2D eigenvalue weighted by atomic mass is 10.1. The van der Waals surface area contributed by atoms with E-state index < -0.39 is 5.95 Å². The van der Waals surface area contributed by atoms with E-state index in [1.807, 2.05) is 13.1 Å². The highest BCUT2D eigenvalue weighted by atomic mass is 19.1. The Morgan fingerprint density at radius 2 is 2.00 bits per heavy atom. The topological polar surface area (TPSA) is 16.1 Å². The molecule has 1 aromatic carbocycles. The maximum absolute atomic E-state index is 13.2. The van der Waals surface area contributed by atoms with Crippen LogP contribution in [-0.2, 0) is 6.42 Å². The summed E-state index contributed by atoms with van der Waals surface area (Å²) in [6.45, 7) is 0. The number of halogens is 1. The summed E-state index contributed by atoms with van der Waals surface area (Å²) >= 11 is 0. The first kappa shape index (κ1) is 11.2. The summed E-state index contributed by atoms with van der Waals surface area (Å²) in [6.07, 6.45) is 2.15. The van der Waals surface area contributed by atoms with Crippen molar-refractivity contribution in [1.82, 2.24) is 4.98 Å². The number of pyridine rings is 1. The molecule has 1 atom stereocenters. The first-order valence-electron chi connectivity index (χ1n) is 6.19. The van der Waals surface area contributed by atoms with Gasteiger partial charge in [0.1, 0.15) is 5.82 Å². The van der Waals surface area contributed by atoms with Crippen molar-refractivity contribution in [2.24, 2.45) is 0 Å². The normalized spacial score (nSPS) is 17.6. The molecule has 0 N–H and O–H groups in total. The lowest BCUT2D eigenvalue weighted by Crippen LogP contribution is -2.23. The number of aromatic nitrogens is 1. The van der Waals surface area contributed by atoms with Gasteiger partial charge >= 0.3 is 0 Å². The SMILES string of the molecule is CN(c1cccc(F)n1)C1CCc2ccccc21. The fraction of sp³-hybridized carbons (Fsp3) is 0.267. The van der Waals surface area contributed by atoms with Gasteiger partial charge in [-0.25, -0.2) is 4.98 Å². The summed E-state index contributed by atoms with van der Waals surface area (Å²) in [5.41, 5.74) is 2.73. The van der Waals surface area contributed by atoms with Gasteiger partial charge < -0.3 is 4.90 Å². The third-order valence-electron chi connectivity index (χ3n) is 3.63. The van der Waals surface area contributed by atoms with E-state index in [0.717, 1.165) is 12.8 Å². The van der Waals surface area contributed by atoms with Crippen LogP contribution in [0.25, 0.3) is 0 Å². The number of hydrogen-bond acceptors (Lipinski definition) is 2. The fourth-order valence-electron chi connectivity index (χ4n) is 2.69. The zero-order valence-electron chi connectivity index (χ0n) is 10.3. The first-order chi connectivity index (χ1) is 8.75. The van der Waals surface area contributed by atoms with E-state index >= 15 is 0 Å². The van der Waals surface area contributed by atoms with Crippen molar-refractivity contribution < 1.29 is 4.39 Å². The molecule has 0 saturated heterocycles. The molecule has 1 aliphatic rings. The highest BCUT2D eigenvalue weighted by Crippen LogP contribution is 2.36. The van der Waals surface area contributed by atoms with Crippen molar-refractivity contribution in [2.75, 3.05) is 11.9 Å². The highest BCUT2D eigenvalue weighted by molar-refractivity contribution is 5.45. The molecule has 1 heterocycles. The van der Waals surface area contributed by atoms with Crippen molar-refractivity contribution >= 4 is 5.82 Å². The molecule has 0 aliphatic heterocycles. The van der Waals surface area contributed by atoms with E-state index in [-0.39, 0.29) is 0 Å². The summed E-state index contributed by atoms with van der Waals surface area (Å²) < 4.78 is 13.2. The number of rotatable bonds is 2. The minimum atomic E-state index is -0.425. The Morgan fingerprint density at radius 1 is 1.17 bits per heavy atom. The largest absolute Gasteiger partial charge is 0.353 e. The van der Waals surface area contributed by atoms with Crippen molar-refractivity contribution in [2.45, 2.75) is 18.9 Å². The van der Waals surface area contributed by atoms with Crippen molar-refractivity contribution in [3.63, 3.8) is 0 Å². The molecule has 92 valence electrons. The number of anilines is 1. The Kier molecular flexibility index (Phi) is 2.74. The predicted molar refractivity (Wildman–Crippen MR) is 70.1 cm³/mol. The van der Waals surface area contributed by atoms with Crippen molar-refractivity contribution in [1.29, 1.82) is 0 Å². The molecule has 0 spiro atoms. The van der Waals surface area contributed by atoms with Gasteiger partial charge in [0.2, 0.25) is 5.95 Å². The van der Waals surface area contributed by atoms with Gasteiger partial charge in [-0.15, -0.1) is 0 Å². The lowest BCUT2D eigenvalue weighted by molar-refractivity contribution is 0.575. The average molecular weight is 242 g/mol. The van der Waals surface area contributed by atoms with Gasteiger partial charge in [0, 0.05) is 7.05 Å². The first-order valence-corrected chi connectivity index (χ1v) is 6.19. The molecule has 2 aromatic rings. The van der Waals surface area contributed by atoms with Gasteiger partial charge in [0.05, 0.1) is 6.04 Å². The number of aryl methyl sites for hydroxylation is 1. The molecule has 0 saturated carbocycles. The lowest BCUT2D eigenvalue weighted by Gasteiger charge is -2.26. The van der Waals surface area contributed by atoms with Crippen molar-refractivity contribution in [3.05, 3.63) is 59.5 Å². The van der Waals surface area contributed by atoms with Crippen LogP contribution in [0, 0.1) is 5.95 Å². The monoisotopic (exact) mass is 242 g/mol. The van der Waals surface area contributed by atoms with Crippen molar-refractivity contribution in [3.8, 4) is 0 Å². The standard InChI is InChI=1S/C15H15FN2/c1-18(15-8-4-7-14(16)17-15)13-10-9-11-5-2-3-6-12(11)13/h2-8,13H,9-10H2,1H3. The Balaban J connectivity index is 1.93. The molecule has 1 aromatic heterocycles. The zero-order valence-corrected chi connectivity index (χ0v) is 10.3. The minimum absolute atomic E-state index is 0.301. The Hall–Kier alpha value is -1.90. The van der Waals surface area contributed by atoms with Crippen LogP contribution in [0.5, 0.6) is 0 Å². The number of nitrogens with zero attached hydrogens (tertiary/aromatic N) is 2. The summed E-state index contributed by atoms with van der Waals surface area (Å²) in [5, 5.41) is 0. The number of fused-ring (bicyclic) bond motifs is 1. The summed E-state index contributed by atoms with van der Waals surface area (Å²) in [4.78, 5) is 6.01. The van der Waals surface area contributed by atoms with E-state index in [4.69, 9.17) is 0 Å². The summed E-state index contributed by atoms with van der Waals surface area (Å²) in [6, 6.07) is 13.7. The Bertz CT molecular complexity index is 568. The van der Waals surface area contributed by atoms with E-state index in [2.05, 4.69) is 34.1 Å². The maximum Gasteiger partial charge on any atom is 0.214 e. The molecule has 0 bridgehead atoms. The molecule has 0 fully saturated rings. The van der Waals surface area contributed by atoms with E-state index in [9.17, 15) is 4.39 Å². The van der Waals surface area contributed by atoms with Crippen LogP contribution in [-0.4, -0.2) is 12.0 Å². The second kappa shape index (κ2) is 4.41. The van der Waals surface area contributed by atoms with Crippen LogP contribution in [0.15, 0.2) is 42.5 Å². The van der Waals surface area contributed by atoms with Gasteiger partial charge in [0.25, 0.3) is 0 Å². The molecule has 18 heavy (non-hydrogen) atoms. The second-order valence-corrected chi connectivity index (χ2v) is 4.68. The molecular weight excluding hydrogens is 227 g/mol. The van der Waals surface area contributed by atoms with Gasteiger partial charge in [-0.05, 0) is 36.1 Å². The van der Waals surface area contributed by atoms with E-state index in [0.29, 0.717) is 11.9 Å². The molecular formula is C15H15FN2. The quantitative estimate of drug-likeness (QED) is 0.751. The smallest absolute Gasteiger partial charge is 0.214 e. The predicted octanol–water partition coefficient (Wildman–Crippen LogP) is 3.34. The Labute approximate surface area is 106 Å².